The van der Waals surface area contributed by atoms with E-state index in [4.69, 9.17) is 4.74 Å². The van der Waals surface area contributed by atoms with Crippen LogP contribution in [0, 0.1) is 5.82 Å². The van der Waals surface area contributed by atoms with Crippen molar-refractivity contribution in [3.63, 3.8) is 0 Å². The number of halogens is 1. The second kappa shape index (κ2) is 7.74. The second-order valence-electron chi connectivity index (χ2n) is 5.49. The number of rotatable bonds is 6. The van der Waals surface area contributed by atoms with E-state index in [2.05, 4.69) is 5.32 Å². The van der Waals surface area contributed by atoms with Gasteiger partial charge in [-0.05, 0) is 35.4 Å². The van der Waals surface area contributed by atoms with Gasteiger partial charge in [0.05, 0.1) is 12.3 Å². The number of hydrogen-bond donors (Lipinski definition) is 1. The zero-order valence-corrected chi connectivity index (χ0v) is 13.6. The van der Waals surface area contributed by atoms with E-state index < -0.39 is 0 Å². The number of methoxy groups -OCH3 is 1. The summed E-state index contributed by atoms with van der Waals surface area (Å²) in [7, 11) is 5.20. The molecule has 0 bridgehead atoms. The van der Waals surface area contributed by atoms with Gasteiger partial charge < -0.3 is 15.0 Å². The largest absolute Gasteiger partial charge is 0.380 e. The maximum Gasteiger partial charge on any atom is 0.251 e. The van der Waals surface area contributed by atoms with Gasteiger partial charge >= 0.3 is 0 Å². The Labute approximate surface area is 135 Å². The molecule has 1 N–H and O–H groups in total. The summed E-state index contributed by atoms with van der Waals surface area (Å²) in [6.07, 6.45) is 0. The zero-order chi connectivity index (χ0) is 16.8. The molecule has 0 radical (unpaired) electrons. The topological polar surface area (TPSA) is 41.6 Å². The van der Waals surface area contributed by atoms with E-state index >= 15 is 0 Å². The molecule has 0 unspecified atom stereocenters. The van der Waals surface area contributed by atoms with Crippen molar-refractivity contribution >= 4 is 11.6 Å². The number of nitrogens with zero attached hydrogens (tertiary/aromatic N) is 1. The van der Waals surface area contributed by atoms with Gasteiger partial charge in [0.25, 0.3) is 5.91 Å². The van der Waals surface area contributed by atoms with E-state index in [1.807, 2.05) is 12.1 Å². The molecule has 0 fully saturated rings. The molecule has 122 valence electrons. The van der Waals surface area contributed by atoms with Crippen LogP contribution in [0.3, 0.4) is 0 Å². The highest BCUT2D eigenvalue weighted by Gasteiger charge is 2.08. The molecular formula is C18H21FN2O2. The molecule has 4 nitrogen and oxygen atoms in total. The third kappa shape index (κ3) is 4.53. The minimum Gasteiger partial charge on any atom is -0.380 e. The van der Waals surface area contributed by atoms with Gasteiger partial charge in [-0.2, -0.15) is 0 Å². The van der Waals surface area contributed by atoms with Gasteiger partial charge in [0.15, 0.2) is 0 Å². The Balaban J connectivity index is 1.97. The fraction of sp³-hybridized carbons (Fsp3) is 0.278. The first kappa shape index (κ1) is 17.0. The zero-order valence-electron chi connectivity index (χ0n) is 13.6. The molecule has 0 aromatic heterocycles. The van der Waals surface area contributed by atoms with Crippen molar-refractivity contribution < 1.29 is 13.9 Å². The highest BCUT2D eigenvalue weighted by molar-refractivity contribution is 5.94. The van der Waals surface area contributed by atoms with Crippen LogP contribution in [0.5, 0.6) is 0 Å². The predicted molar refractivity (Wildman–Crippen MR) is 89.1 cm³/mol. The molecule has 23 heavy (non-hydrogen) atoms. The van der Waals surface area contributed by atoms with E-state index in [0.717, 1.165) is 11.1 Å². The highest BCUT2D eigenvalue weighted by Crippen LogP contribution is 2.18. The first-order valence-corrected chi connectivity index (χ1v) is 7.33. The summed E-state index contributed by atoms with van der Waals surface area (Å²) < 4.78 is 18.9. The number of nitrogens with one attached hydrogen (secondary N) is 1. The minimum atomic E-state index is -0.300. The first-order valence-electron chi connectivity index (χ1n) is 7.33. The van der Waals surface area contributed by atoms with Crippen molar-refractivity contribution in [3.05, 3.63) is 65.0 Å². The average Bonchev–Trinajstić information content (AvgIpc) is 2.53. The van der Waals surface area contributed by atoms with E-state index in [9.17, 15) is 9.18 Å². The summed E-state index contributed by atoms with van der Waals surface area (Å²) >= 11 is 0. The van der Waals surface area contributed by atoms with Crippen LogP contribution in [0.1, 0.15) is 21.5 Å². The number of benzene rings is 2. The Morgan fingerprint density at radius 3 is 2.35 bits per heavy atom. The van der Waals surface area contributed by atoms with Gasteiger partial charge in [-0.15, -0.1) is 0 Å². The van der Waals surface area contributed by atoms with Crippen LogP contribution in [0.4, 0.5) is 10.1 Å². The van der Waals surface area contributed by atoms with Gasteiger partial charge in [-0.3, -0.25) is 4.79 Å². The third-order valence-electron chi connectivity index (χ3n) is 3.47. The first-order chi connectivity index (χ1) is 11.0. The average molecular weight is 316 g/mol. The van der Waals surface area contributed by atoms with E-state index in [0.29, 0.717) is 17.9 Å². The normalized spacial score (nSPS) is 10.4. The monoisotopic (exact) mass is 316 g/mol. The van der Waals surface area contributed by atoms with Crippen molar-refractivity contribution in [3.8, 4) is 0 Å². The maximum absolute atomic E-state index is 13.9. The maximum atomic E-state index is 13.9. The van der Waals surface area contributed by atoms with Crippen molar-refractivity contribution in [2.45, 2.75) is 13.2 Å². The molecule has 0 saturated heterocycles. The molecule has 0 aliphatic rings. The van der Waals surface area contributed by atoms with E-state index in [1.165, 1.54) is 6.07 Å². The van der Waals surface area contributed by atoms with Gasteiger partial charge in [0.2, 0.25) is 0 Å². The molecular weight excluding hydrogens is 295 g/mol. The van der Waals surface area contributed by atoms with Crippen LogP contribution in [0.25, 0.3) is 0 Å². The van der Waals surface area contributed by atoms with Gasteiger partial charge in [0, 0.05) is 33.3 Å². The molecule has 0 saturated carbocycles. The SMILES string of the molecule is COCc1ccc(C(=O)NCc2ccc(N(C)C)c(F)c2)cc1. The fourth-order valence-corrected chi connectivity index (χ4v) is 2.23. The smallest absolute Gasteiger partial charge is 0.251 e. The molecule has 0 aliphatic carbocycles. The molecule has 0 atom stereocenters. The molecule has 0 aliphatic heterocycles. The van der Waals surface area contributed by atoms with Crippen molar-refractivity contribution in [2.75, 3.05) is 26.1 Å². The molecule has 2 aromatic carbocycles. The van der Waals surface area contributed by atoms with Gasteiger partial charge in [0.1, 0.15) is 5.82 Å². The third-order valence-corrected chi connectivity index (χ3v) is 3.47. The lowest BCUT2D eigenvalue weighted by atomic mass is 10.1. The summed E-state index contributed by atoms with van der Waals surface area (Å²) in [5, 5.41) is 2.79. The Kier molecular flexibility index (Phi) is 5.71. The van der Waals surface area contributed by atoms with Crippen molar-refractivity contribution in [2.24, 2.45) is 0 Å². The van der Waals surface area contributed by atoms with Crippen LogP contribution in [0.2, 0.25) is 0 Å². The number of amides is 1. The standard InChI is InChI=1S/C18H21FN2O2/c1-21(2)17-9-6-14(10-16(17)19)11-20-18(22)15-7-4-13(5-8-15)12-23-3/h4-10H,11-12H2,1-3H3,(H,20,22). The van der Waals surface area contributed by atoms with Crippen LogP contribution in [-0.4, -0.2) is 27.1 Å². The molecule has 1 amide bonds. The molecule has 5 heteroatoms. The van der Waals surface area contributed by atoms with E-state index in [-0.39, 0.29) is 18.3 Å². The number of carbonyl (C=O) groups excluding carboxylic acids is 1. The number of ether oxygens (including phenoxy) is 1. The van der Waals surface area contributed by atoms with Crippen molar-refractivity contribution in [1.82, 2.24) is 5.32 Å². The van der Waals surface area contributed by atoms with E-state index in [1.54, 1.807) is 50.4 Å². The minimum absolute atomic E-state index is 0.189. The van der Waals surface area contributed by atoms with Gasteiger partial charge in [-0.1, -0.05) is 18.2 Å². The lowest BCUT2D eigenvalue weighted by Crippen LogP contribution is -2.23. The summed E-state index contributed by atoms with van der Waals surface area (Å²) in [6.45, 7) is 0.794. The summed E-state index contributed by atoms with van der Waals surface area (Å²) in [5.41, 5.74) is 2.81. The quantitative estimate of drug-likeness (QED) is 0.891. The van der Waals surface area contributed by atoms with Crippen LogP contribution in [-0.2, 0) is 17.9 Å². The highest BCUT2D eigenvalue weighted by atomic mass is 19.1. The van der Waals surface area contributed by atoms with Gasteiger partial charge in [-0.25, -0.2) is 4.39 Å². The lowest BCUT2D eigenvalue weighted by molar-refractivity contribution is 0.0950. The molecule has 2 aromatic rings. The molecule has 2 rings (SSSR count). The van der Waals surface area contributed by atoms with Crippen LogP contribution < -0.4 is 10.2 Å². The van der Waals surface area contributed by atoms with Crippen LogP contribution >= 0.6 is 0 Å². The predicted octanol–water partition coefficient (Wildman–Crippen LogP) is 2.97. The van der Waals surface area contributed by atoms with Crippen LogP contribution in [0.15, 0.2) is 42.5 Å². The molecule has 0 spiro atoms. The number of carbonyl (C=O) groups is 1. The lowest BCUT2D eigenvalue weighted by Gasteiger charge is -2.14. The molecule has 0 heterocycles. The Bertz CT molecular complexity index is 669. The number of hydrogen-bond acceptors (Lipinski definition) is 3. The Morgan fingerprint density at radius 2 is 1.78 bits per heavy atom. The summed E-state index contributed by atoms with van der Waals surface area (Å²) in [4.78, 5) is 13.8. The van der Waals surface area contributed by atoms with Crippen molar-refractivity contribution in [1.29, 1.82) is 0 Å². The number of anilines is 1. The Hall–Kier alpha value is -2.40. The summed E-state index contributed by atoms with van der Waals surface area (Å²) in [6, 6.07) is 12.2. The fourth-order valence-electron chi connectivity index (χ4n) is 2.23. The summed E-state index contributed by atoms with van der Waals surface area (Å²) in [5.74, 6) is -0.489. The second-order valence-corrected chi connectivity index (χ2v) is 5.49. The Morgan fingerprint density at radius 1 is 1.13 bits per heavy atom.